The monoisotopic (exact) mass is 182 g/mol. The average Bonchev–Trinajstić information content (AvgIpc) is 2.27. The fourth-order valence-electron chi connectivity index (χ4n) is 1.56. The molecule has 0 atom stereocenters. The van der Waals surface area contributed by atoms with Crippen molar-refractivity contribution in [2.45, 2.75) is 6.61 Å². The molecular weight excluding hydrogens is 172 g/mol. The van der Waals surface area contributed by atoms with Gasteiger partial charge >= 0.3 is 0 Å². The molecule has 1 N–H and O–H groups in total. The summed E-state index contributed by atoms with van der Waals surface area (Å²) in [5, 5.41) is 11.1. The van der Waals surface area contributed by atoms with Gasteiger partial charge in [-0.1, -0.05) is 30.2 Å². The number of terminal acetylenes is 1. The molecule has 0 saturated carbocycles. The first-order valence-corrected chi connectivity index (χ1v) is 4.44. The zero-order valence-electron chi connectivity index (χ0n) is 7.70. The van der Waals surface area contributed by atoms with Crippen LogP contribution < -0.4 is 0 Å². The molecule has 2 aromatic rings. The van der Waals surface area contributed by atoms with Crippen LogP contribution >= 0.6 is 0 Å². The lowest BCUT2D eigenvalue weighted by Gasteiger charge is -2.02. The van der Waals surface area contributed by atoms with Crippen molar-refractivity contribution in [2.24, 2.45) is 0 Å². The fourth-order valence-corrected chi connectivity index (χ4v) is 1.56. The van der Waals surface area contributed by atoms with E-state index >= 15 is 0 Å². The second-order valence-electron chi connectivity index (χ2n) is 3.16. The van der Waals surface area contributed by atoms with Gasteiger partial charge in [0.1, 0.15) is 0 Å². The van der Waals surface area contributed by atoms with Crippen molar-refractivity contribution in [1.29, 1.82) is 0 Å². The van der Waals surface area contributed by atoms with Crippen LogP contribution in [0.1, 0.15) is 11.1 Å². The van der Waals surface area contributed by atoms with Crippen LogP contribution in [0, 0.1) is 12.3 Å². The molecule has 0 bridgehead atoms. The van der Waals surface area contributed by atoms with E-state index in [1.165, 1.54) is 0 Å². The zero-order valence-corrected chi connectivity index (χ0v) is 7.70. The molecule has 1 nitrogen and oxygen atoms in total. The van der Waals surface area contributed by atoms with Crippen molar-refractivity contribution in [3.05, 3.63) is 47.5 Å². The zero-order chi connectivity index (χ0) is 9.97. The third-order valence-corrected chi connectivity index (χ3v) is 2.28. The standard InChI is InChI=1S/C13H10O/c1-2-11-4-3-5-12-8-10(9-14)6-7-13(11)12/h1,3-8,14H,9H2. The molecular formula is C13H10O. The SMILES string of the molecule is C#Cc1cccc2cc(CO)ccc12. The highest BCUT2D eigenvalue weighted by Gasteiger charge is 1.98. The summed E-state index contributed by atoms with van der Waals surface area (Å²) in [6.45, 7) is 0.0657. The maximum absolute atomic E-state index is 8.98. The van der Waals surface area contributed by atoms with Crippen molar-refractivity contribution in [3.8, 4) is 12.3 Å². The van der Waals surface area contributed by atoms with E-state index in [4.69, 9.17) is 11.5 Å². The molecule has 0 aromatic heterocycles. The predicted molar refractivity (Wildman–Crippen MR) is 57.8 cm³/mol. The minimum Gasteiger partial charge on any atom is -0.392 e. The molecule has 0 aliphatic rings. The molecule has 0 saturated heterocycles. The quantitative estimate of drug-likeness (QED) is 0.671. The van der Waals surface area contributed by atoms with Crippen LogP contribution in [0.5, 0.6) is 0 Å². The maximum atomic E-state index is 8.98. The van der Waals surface area contributed by atoms with E-state index in [2.05, 4.69) is 5.92 Å². The summed E-state index contributed by atoms with van der Waals surface area (Å²) in [4.78, 5) is 0. The summed E-state index contributed by atoms with van der Waals surface area (Å²) in [6.07, 6.45) is 5.39. The van der Waals surface area contributed by atoms with Gasteiger partial charge in [0.25, 0.3) is 0 Å². The molecule has 2 rings (SSSR count). The van der Waals surface area contributed by atoms with E-state index in [-0.39, 0.29) is 6.61 Å². The molecule has 68 valence electrons. The Bertz CT molecular complexity index is 506. The van der Waals surface area contributed by atoms with E-state index < -0.39 is 0 Å². The van der Waals surface area contributed by atoms with Gasteiger partial charge in [0.05, 0.1) is 6.61 Å². The molecule has 0 aliphatic heterocycles. The highest BCUT2D eigenvalue weighted by molar-refractivity contribution is 5.88. The number of aliphatic hydroxyl groups is 1. The summed E-state index contributed by atoms with van der Waals surface area (Å²) in [7, 11) is 0. The maximum Gasteiger partial charge on any atom is 0.0682 e. The van der Waals surface area contributed by atoms with Crippen LogP contribution in [0.3, 0.4) is 0 Å². The van der Waals surface area contributed by atoms with Crippen LogP contribution in [0.4, 0.5) is 0 Å². The summed E-state index contributed by atoms with van der Waals surface area (Å²) in [5.41, 5.74) is 1.80. The van der Waals surface area contributed by atoms with Crippen LogP contribution in [-0.4, -0.2) is 5.11 Å². The van der Waals surface area contributed by atoms with Gasteiger partial charge in [-0.2, -0.15) is 0 Å². The van der Waals surface area contributed by atoms with E-state index in [0.717, 1.165) is 21.9 Å². The van der Waals surface area contributed by atoms with Crippen molar-refractivity contribution < 1.29 is 5.11 Å². The van der Waals surface area contributed by atoms with Crippen molar-refractivity contribution in [2.75, 3.05) is 0 Å². The minimum atomic E-state index is 0.0657. The fraction of sp³-hybridized carbons (Fsp3) is 0.0769. The van der Waals surface area contributed by atoms with Crippen molar-refractivity contribution >= 4 is 10.8 Å². The second kappa shape index (κ2) is 3.53. The van der Waals surface area contributed by atoms with E-state index in [1.54, 1.807) is 0 Å². The Morgan fingerprint density at radius 2 is 2.07 bits per heavy atom. The molecule has 14 heavy (non-hydrogen) atoms. The first-order chi connectivity index (χ1) is 6.85. The van der Waals surface area contributed by atoms with E-state index in [0.29, 0.717) is 0 Å². The molecule has 2 aromatic carbocycles. The Kier molecular flexibility index (Phi) is 2.22. The Labute approximate surface area is 83.0 Å². The van der Waals surface area contributed by atoms with Gasteiger partial charge in [0.15, 0.2) is 0 Å². The van der Waals surface area contributed by atoms with Crippen LogP contribution in [0.2, 0.25) is 0 Å². The first-order valence-electron chi connectivity index (χ1n) is 4.44. The largest absolute Gasteiger partial charge is 0.392 e. The van der Waals surface area contributed by atoms with Crippen LogP contribution in [0.15, 0.2) is 36.4 Å². The normalized spacial score (nSPS) is 10.0. The minimum absolute atomic E-state index is 0.0657. The Morgan fingerprint density at radius 3 is 2.79 bits per heavy atom. The average molecular weight is 182 g/mol. The first kappa shape index (κ1) is 8.80. The highest BCUT2D eigenvalue weighted by atomic mass is 16.3. The Morgan fingerprint density at radius 1 is 1.21 bits per heavy atom. The van der Waals surface area contributed by atoms with Gasteiger partial charge in [-0.05, 0) is 28.5 Å². The van der Waals surface area contributed by atoms with Crippen molar-refractivity contribution in [3.63, 3.8) is 0 Å². The van der Waals surface area contributed by atoms with Gasteiger partial charge in [-0.15, -0.1) is 6.42 Å². The highest BCUT2D eigenvalue weighted by Crippen LogP contribution is 2.19. The summed E-state index contributed by atoms with van der Waals surface area (Å²) < 4.78 is 0. The molecule has 0 aliphatic carbocycles. The van der Waals surface area contributed by atoms with Crippen LogP contribution in [0.25, 0.3) is 10.8 Å². The third kappa shape index (κ3) is 1.37. The van der Waals surface area contributed by atoms with Gasteiger partial charge in [0, 0.05) is 5.56 Å². The molecule has 0 unspecified atom stereocenters. The molecule has 0 amide bonds. The summed E-state index contributed by atoms with van der Waals surface area (Å²) in [6, 6.07) is 11.6. The van der Waals surface area contributed by atoms with E-state index in [1.807, 2.05) is 36.4 Å². The van der Waals surface area contributed by atoms with Gasteiger partial charge in [-0.3, -0.25) is 0 Å². The number of aliphatic hydroxyl groups excluding tert-OH is 1. The number of rotatable bonds is 1. The van der Waals surface area contributed by atoms with Gasteiger partial charge < -0.3 is 5.11 Å². The third-order valence-electron chi connectivity index (χ3n) is 2.28. The molecule has 1 heteroatoms. The smallest absolute Gasteiger partial charge is 0.0682 e. The van der Waals surface area contributed by atoms with Crippen LogP contribution in [-0.2, 0) is 6.61 Å². The summed E-state index contributed by atoms with van der Waals surface area (Å²) >= 11 is 0. The van der Waals surface area contributed by atoms with Crippen molar-refractivity contribution in [1.82, 2.24) is 0 Å². The molecule has 0 fully saturated rings. The Hall–Kier alpha value is -1.78. The van der Waals surface area contributed by atoms with Gasteiger partial charge in [-0.25, -0.2) is 0 Å². The number of fused-ring (bicyclic) bond motifs is 1. The second-order valence-corrected chi connectivity index (χ2v) is 3.16. The Balaban J connectivity index is 2.75. The number of hydrogen-bond donors (Lipinski definition) is 1. The molecule has 0 radical (unpaired) electrons. The number of benzene rings is 2. The lowest BCUT2D eigenvalue weighted by molar-refractivity contribution is 0.282. The lowest BCUT2D eigenvalue weighted by atomic mass is 10.0. The lowest BCUT2D eigenvalue weighted by Crippen LogP contribution is -1.84. The number of hydrogen-bond acceptors (Lipinski definition) is 1. The molecule has 0 heterocycles. The van der Waals surface area contributed by atoms with Gasteiger partial charge in [0.2, 0.25) is 0 Å². The predicted octanol–water partition coefficient (Wildman–Crippen LogP) is 2.31. The van der Waals surface area contributed by atoms with E-state index in [9.17, 15) is 0 Å². The molecule has 0 spiro atoms. The summed E-state index contributed by atoms with van der Waals surface area (Å²) in [5.74, 6) is 2.64. The topological polar surface area (TPSA) is 20.2 Å².